The van der Waals surface area contributed by atoms with E-state index in [1.165, 1.54) is 6.92 Å². The Bertz CT molecular complexity index is 720. The molecule has 1 N–H and O–H groups in total. The monoisotopic (exact) mass is 650 g/mol. The Morgan fingerprint density at radius 1 is 0.683 bits per heavy atom. The van der Waals surface area contributed by atoms with Crippen LogP contribution in [0.5, 0.6) is 0 Å². The van der Waals surface area contributed by atoms with Crippen molar-refractivity contribution in [3.8, 4) is 0 Å². The summed E-state index contributed by atoms with van der Waals surface area (Å²) in [6.45, 7) is -2.62. The lowest BCUT2D eigenvalue weighted by molar-refractivity contribution is -0.330. The summed E-state index contributed by atoms with van der Waals surface area (Å²) in [6, 6.07) is 0. The van der Waals surface area contributed by atoms with Crippen LogP contribution in [0.15, 0.2) is 0 Å². The van der Waals surface area contributed by atoms with Gasteiger partial charge in [0.15, 0.2) is 0 Å². The van der Waals surface area contributed by atoms with Gasteiger partial charge in [-0.3, -0.25) is 0 Å². The van der Waals surface area contributed by atoms with Crippen molar-refractivity contribution in [3.63, 3.8) is 0 Å². The van der Waals surface area contributed by atoms with E-state index in [9.17, 15) is 70.2 Å². The van der Waals surface area contributed by atoms with Crippen LogP contribution in [0.4, 0.5) is 70.2 Å². The molecule has 0 radical (unpaired) electrons. The second-order valence-electron chi connectivity index (χ2n) is 9.04. The van der Waals surface area contributed by atoms with Gasteiger partial charge in [0.2, 0.25) is 0 Å². The van der Waals surface area contributed by atoms with Gasteiger partial charge in [-0.1, -0.05) is 13.3 Å². The molecule has 1 aliphatic rings. The number of ether oxygens (including phenoxy) is 4. The van der Waals surface area contributed by atoms with Gasteiger partial charge in [0.1, 0.15) is 0 Å². The van der Waals surface area contributed by atoms with E-state index in [0.717, 1.165) is 0 Å². The lowest BCUT2D eigenvalue weighted by Gasteiger charge is -2.43. The highest BCUT2D eigenvalue weighted by Gasteiger charge is 2.49. The standard InChI is InChI=1S/C18H24F12O4.C2H2F4O/c1-2-14(8-32-16(25,26)11(19)20,9-33-17(27,28)12(21)22)4-3-5-15(6-31-7-15)10-34-18(29,30)13(23)24;3-1(4)2(5,6)7/h11-13H,2-10H2,1H3;1,7H. The average molecular weight is 650 g/mol. The van der Waals surface area contributed by atoms with Crippen molar-refractivity contribution in [1.29, 1.82) is 0 Å². The molecule has 21 heteroatoms. The summed E-state index contributed by atoms with van der Waals surface area (Å²) in [5.74, 6) is 0. The Labute approximate surface area is 222 Å². The van der Waals surface area contributed by atoms with Gasteiger partial charge in [0.25, 0.3) is 0 Å². The Balaban J connectivity index is 0.00000201. The number of alkyl halides is 16. The molecule has 0 saturated carbocycles. The van der Waals surface area contributed by atoms with E-state index in [0.29, 0.717) is 0 Å². The van der Waals surface area contributed by atoms with Crippen LogP contribution in [0, 0.1) is 10.8 Å². The Morgan fingerprint density at radius 3 is 1.32 bits per heavy atom. The highest BCUT2D eigenvalue weighted by atomic mass is 19.3. The van der Waals surface area contributed by atoms with E-state index >= 15 is 0 Å². The van der Waals surface area contributed by atoms with Gasteiger partial charge in [-0.05, 0) is 19.3 Å². The fraction of sp³-hybridized carbons (Fsp3) is 1.00. The van der Waals surface area contributed by atoms with Crippen molar-refractivity contribution in [2.24, 2.45) is 10.8 Å². The zero-order chi connectivity index (χ0) is 32.5. The van der Waals surface area contributed by atoms with E-state index in [4.69, 9.17) is 9.84 Å². The molecule has 0 bridgehead atoms. The summed E-state index contributed by atoms with van der Waals surface area (Å²) in [6.07, 6.45) is -37.1. The molecule has 0 amide bonds. The van der Waals surface area contributed by atoms with Crippen LogP contribution in [-0.2, 0) is 18.9 Å². The molecule has 0 spiro atoms. The predicted molar refractivity (Wildman–Crippen MR) is 104 cm³/mol. The minimum atomic E-state index is -4.97. The molecule has 0 aliphatic carbocycles. The third-order valence-corrected chi connectivity index (χ3v) is 5.72. The molecular weight excluding hydrogens is 624 g/mol. The lowest BCUT2D eigenvalue weighted by atomic mass is 9.76. The van der Waals surface area contributed by atoms with Gasteiger partial charge in [-0.2, -0.15) is 35.1 Å². The fourth-order valence-electron chi connectivity index (χ4n) is 3.03. The first-order chi connectivity index (χ1) is 18.4. The first-order valence-electron chi connectivity index (χ1n) is 11.2. The topological polar surface area (TPSA) is 57.2 Å². The molecule has 5 nitrogen and oxygen atoms in total. The molecule has 41 heavy (non-hydrogen) atoms. The SMILES string of the molecule is CCC(CCCC1(COC(F)(F)C(F)F)COC1)(COC(F)(F)C(F)F)COC(F)(F)C(F)F.OC(F)(F)C(F)F. The molecule has 0 atom stereocenters. The highest BCUT2D eigenvalue weighted by Crippen LogP contribution is 2.41. The summed E-state index contributed by atoms with van der Waals surface area (Å²) >= 11 is 0. The van der Waals surface area contributed by atoms with Gasteiger partial charge in [0.05, 0.1) is 33.0 Å². The van der Waals surface area contributed by atoms with Crippen molar-refractivity contribution in [2.45, 2.75) is 82.7 Å². The molecule has 0 aromatic carbocycles. The molecule has 1 aliphatic heterocycles. The number of halogens is 16. The lowest BCUT2D eigenvalue weighted by Crippen LogP contribution is -2.49. The zero-order valence-electron chi connectivity index (χ0n) is 20.8. The summed E-state index contributed by atoms with van der Waals surface area (Å²) in [5.41, 5.74) is -3.07. The third-order valence-electron chi connectivity index (χ3n) is 5.72. The van der Waals surface area contributed by atoms with E-state index in [-0.39, 0.29) is 32.5 Å². The van der Waals surface area contributed by atoms with E-state index in [2.05, 4.69) is 14.2 Å². The van der Waals surface area contributed by atoms with Crippen LogP contribution < -0.4 is 0 Å². The van der Waals surface area contributed by atoms with Gasteiger partial charge < -0.3 is 24.1 Å². The van der Waals surface area contributed by atoms with E-state index in [1.54, 1.807) is 0 Å². The first kappa shape index (κ1) is 39.7. The molecule has 1 fully saturated rings. The van der Waals surface area contributed by atoms with Crippen molar-refractivity contribution in [3.05, 3.63) is 0 Å². The highest BCUT2D eigenvalue weighted by molar-refractivity contribution is 4.88. The maximum atomic E-state index is 13.2. The van der Waals surface area contributed by atoms with E-state index in [1.807, 2.05) is 0 Å². The van der Waals surface area contributed by atoms with Gasteiger partial charge in [-0.15, -0.1) is 0 Å². The summed E-state index contributed by atoms with van der Waals surface area (Å²) in [5, 5.41) is 7.01. The van der Waals surface area contributed by atoms with Crippen LogP contribution in [0.1, 0.15) is 32.6 Å². The van der Waals surface area contributed by atoms with Crippen LogP contribution in [0.25, 0.3) is 0 Å². The quantitative estimate of drug-likeness (QED) is 0.162. The molecule has 1 rings (SSSR count). The minimum absolute atomic E-state index is 0.120. The summed E-state index contributed by atoms with van der Waals surface area (Å²) in [7, 11) is 0. The van der Waals surface area contributed by atoms with Crippen LogP contribution in [-0.4, -0.2) is 88.3 Å². The maximum absolute atomic E-state index is 13.2. The average Bonchev–Trinajstić information content (AvgIpc) is 2.81. The Hall–Kier alpha value is -1.32. The fourth-order valence-corrected chi connectivity index (χ4v) is 3.03. The van der Waals surface area contributed by atoms with Crippen LogP contribution >= 0.6 is 0 Å². The molecule has 1 heterocycles. The molecule has 248 valence electrons. The van der Waals surface area contributed by atoms with Crippen LogP contribution in [0.3, 0.4) is 0 Å². The number of hydrogen-bond donors (Lipinski definition) is 1. The van der Waals surface area contributed by atoms with Crippen molar-refractivity contribution < 1.29 is 94.3 Å². The number of aliphatic hydroxyl groups is 1. The number of hydrogen-bond acceptors (Lipinski definition) is 5. The van der Waals surface area contributed by atoms with E-state index < -0.39 is 87.2 Å². The Kier molecular flexibility index (Phi) is 14.9. The largest absolute Gasteiger partial charge is 0.416 e. The summed E-state index contributed by atoms with van der Waals surface area (Å²) in [4.78, 5) is 0. The second kappa shape index (κ2) is 15.4. The first-order valence-corrected chi connectivity index (χ1v) is 11.2. The molecule has 0 unspecified atom stereocenters. The van der Waals surface area contributed by atoms with Gasteiger partial charge in [-0.25, -0.2) is 35.1 Å². The second-order valence-corrected chi connectivity index (χ2v) is 9.04. The Morgan fingerprint density at radius 2 is 1.05 bits per heavy atom. The van der Waals surface area contributed by atoms with Gasteiger partial charge >= 0.3 is 50.1 Å². The number of rotatable bonds is 18. The summed E-state index contributed by atoms with van der Waals surface area (Å²) < 4.78 is 212. The molecular formula is C20H26F16O5. The minimum Gasteiger partial charge on any atom is -0.380 e. The molecule has 0 aromatic heterocycles. The van der Waals surface area contributed by atoms with Crippen molar-refractivity contribution in [2.75, 3.05) is 33.0 Å². The van der Waals surface area contributed by atoms with Crippen molar-refractivity contribution >= 4 is 0 Å². The smallest absolute Gasteiger partial charge is 0.380 e. The van der Waals surface area contributed by atoms with Gasteiger partial charge in [0, 0.05) is 10.8 Å². The molecule has 0 aromatic rings. The zero-order valence-corrected chi connectivity index (χ0v) is 20.8. The van der Waals surface area contributed by atoms with Crippen molar-refractivity contribution in [1.82, 2.24) is 0 Å². The third kappa shape index (κ3) is 13.2. The normalized spacial score (nSPS) is 16.8. The maximum Gasteiger partial charge on any atom is 0.416 e. The molecule has 1 saturated heterocycles. The predicted octanol–water partition coefficient (Wildman–Crippen LogP) is 7.03. The van der Waals surface area contributed by atoms with Crippen LogP contribution in [0.2, 0.25) is 0 Å².